The molecule has 0 bridgehead atoms. The normalized spacial score (nSPS) is 15.7. The second kappa shape index (κ2) is 20.9. The van der Waals surface area contributed by atoms with E-state index in [-0.39, 0.29) is 32.3 Å². The first-order chi connectivity index (χ1) is 28.8. The zero-order valence-corrected chi connectivity index (χ0v) is 33.9. The Balaban J connectivity index is 0.895. The van der Waals surface area contributed by atoms with Gasteiger partial charge in [-0.1, -0.05) is 43.3 Å². The van der Waals surface area contributed by atoms with Crippen molar-refractivity contribution in [1.29, 1.82) is 0 Å². The lowest BCUT2D eigenvalue weighted by Gasteiger charge is -2.29. The number of benzene rings is 4. The van der Waals surface area contributed by atoms with Crippen LogP contribution in [-0.2, 0) is 31.3 Å². The standard InChI is InChI=1S/C45H55N3O11/c1-54-34-12-13-37-35(22-34)45(53)47-44(46-37)28-11-14-39(33(17-28)26-51)57-15-9-7-5-4-6-8-10-16-58-43-41(55-2)20-30(21-42(43)56-3)40-23-38(48-59-40)29-18-31(24-49)36(27-52)32(19-29)25-50/h11-14,17-22,40,44,46,49-52H,4-10,15-16,23-27H2,1-3H3,(H,47,53). The lowest BCUT2D eigenvalue weighted by atomic mass is 9.93. The SMILES string of the molecule is COc1ccc2c(c1)C(=O)NC(c1ccc(OCCCCCCCCCOc3c(OC)cc(C4CC(c5cc(CO)c(CO)c(CO)c5)=NO4)cc3OC)c(CO)c1)N2. The molecule has 6 N–H and O–H groups in total. The van der Waals surface area contributed by atoms with Crippen LogP contribution in [0.5, 0.6) is 28.7 Å². The summed E-state index contributed by atoms with van der Waals surface area (Å²) < 4.78 is 28.9. The van der Waals surface area contributed by atoms with E-state index in [9.17, 15) is 25.2 Å². The average Bonchev–Trinajstić information content (AvgIpc) is 3.78. The Labute approximate surface area is 344 Å². The summed E-state index contributed by atoms with van der Waals surface area (Å²) in [6.07, 6.45) is 6.71. The summed E-state index contributed by atoms with van der Waals surface area (Å²) in [6, 6.07) is 18.2. The number of rotatable bonds is 22. The van der Waals surface area contributed by atoms with Gasteiger partial charge in [0.05, 0.1) is 72.2 Å². The molecular formula is C45H55N3O11. The average molecular weight is 814 g/mol. The summed E-state index contributed by atoms with van der Waals surface area (Å²) in [5.41, 5.74) is 6.47. The maximum Gasteiger partial charge on any atom is 0.255 e. The summed E-state index contributed by atoms with van der Waals surface area (Å²) in [4.78, 5) is 18.6. The minimum absolute atomic E-state index is 0.177. The summed E-state index contributed by atoms with van der Waals surface area (Å²) >= 11 is 0. The molecule has 1 amide bonds. The zero-order chi connectivity index (χ0) is 41.7. The van der Waals surface area contributed by atoms with Gasteiger partial charge < -0.3 is 59.6 Å². The predicted octanol–water partition coefficient (Wildman–Crippen LogP) is 6.59. The van der Waals surface area contributed by atoms with Crippen molar-refractivity contribution in [1.82, 2.24) is 5.32 Å². The fourth-order valence-corrected chi connectivity index (χ4v) is 7.42. The van der Waals surface area contributed by atoms with Crippen LogP contribution in [0, 0.1) is 0 Å². The Morgan fingerprint density at radius 3 is 1.92 bits per heavy atom. The fraction of sp³-hybridized carbons (Fsp3) is 0.422. The van der Waals surface area contributed by atoms with Gasteiger partial charge in [0.1, 0.15) is 17.7 Å². The highest BCUT2D eigenvalue weighted by Gasteiger charge is 2.29. The molecular weight excluding hydrogens is 759 g/mol. The van der Waals surface area contributed by atoms with Gasteiger partial charge in [-0.2, -0.15) is 0 Å². The Kier molecular flexibility index (Phi) is 15.3. The third-order valence-corrected chi connectivity index (χ3v) is 10.7. The van der Waals surface area contributed by atoms with Crippen molar-refractivity contribution < 1.29 is 53.7 Å². The number of fused-ring (bicyclic) bond motifs is 1. The molecule has 0 spiro atoms. The van der Waals surface area contributed by atoms with Gasteiger partial charge in [0.2, 0.25) is 5.75 Å². The molecule has 2 unspecified atom stereocenters. The number of hydrogen-bond donors (Lipinski definition) is 6. The van der Waals surface area contributed by atoms with Crippen molar-refractivity contribution >= 4 is 17.3 Å². The number of methoxy groups -OCH3 is 3. The molecule has 14 nitrogen and oxygen atoms in total. The molecule has 2 heterocycles. The predicted molar refractivity (Wildman–Crippen MR) is 221 cm³/mol. The summed E-state index contributed by atoms with van der Waals surface area (Å²) in [6.45, 7) is 0.0510. The van der Waals surface area contributed by atoms with Gasteiger partial charge in [0.25, 0.3) is 5.91 Å². The zero-order valence-electron chi connectivity index (χ0n) is 33.9. The van der Waals surface area contributed by atoms with Crippen molar-refractivity contribution in [2.45, 2.75) is 90.1 Å². The molecule has 59 heavy (non-hydrogen) atoms. The lowest BCUT2D eigenvalue weighted by Crippen LogP contribution is -2.38. The van der Waals surface area contributed by atoms with Crippen molar-refractivity contribution in [3.05, 3.63) is 105 Å². The quantitative estimate of drug-likeness (QED) is 0.0468. The number of unbranched alkanes of at least 4 members (excludes halogenated alkanes) is 6. The van der Waals surface area contributed by atoms with Gasteiger partial charge in [-0.15, -0.1) is 0 Å². The van der Waals surface area contributed by atoms with Crippen molar-refractivity contribution in [2.75, 3.05) is 39.9 Å². The highest BCUT2D eigenvalue weighted by atomic mass is 16.6. The summed E-state index contributed by atoms with van der Waals surface area (Å²) in [5, 5.41) is 50.1. The molecule has 4 aromatic carbocycles. The van der Waals surface area contributed by atoms with Crippen LogP contribution in [0.3, 0.4) is 0 Å². The molecule has 4 aromatic rings. The molecule has 6 rings (SSSR count). The first-order valence-electron chi connectivity index (χ1n) is 20.0. The van der Waals surface area contributed by atoms with Crippen LogP contribution in [0.2, 0.25) is 0 Å². The second-order valence-electron chi connectivity index (χ2n) is 14.5. The van der Waals surface area contributed by atoms with Crippen LogP contribution < -0.4 is 34.3 Å². The molecule has 0 fully saturated rings. The smallest absolute Gasteiger partial charge is 0.255 e. The van der Waals surface area contributed by atoms with Gasteiger partial charge >= 0.3 is 0 Å². The Morgan fingerprint density at radius 1 is 0.661 bits per heavy atom. The van der Waals surface area contributed by atoms with Crippen LogP contribution >= 0.6 is 0 Å². The topological polar surface area (TPSA) is 190 Å². The van der Waals surface area contributed by atoms with E-state index in [0.29, 0.717) is 93.2 Å². The molecule has 0 aromatic heterocycles. The fourth-order valence-electron chi connectivity index (χ4n) is 7.42. The number of oxime groups is 1. The number of aliphatic hydroxyl groups is 4. The van der Waals surface area contributed by atoms with Gasteiger partial charge in [-0.3, -0.25) is 4.79 Å². The van der Waals surface area contributed by atoms with Gasteiger partial charge in [-0.25, -0.2) is 0 Å². The number of amides is 1. The van der Waals surface area contributed by atoms with E-state index in [1.54, 1.807) is 45.6 Å². The van der Waals surface area contributed by atoms with E-state index in [1.165, 1.54) is 0 Å². The summed E-state index contributed by atoms with van der Waals surface area (Å²) in [7, 11) is 4.73. The lowest BCUT2D eigenvalue weighted by molar-refractivity contribution is 0.0852. The molecule has 316 valence electrons. The third kappa shape index (κ3) is 10.4. The second-order valence-corrected chi connectivity index (χ2v) is 14.5. The number of nitrogens with one attached hydrogen (secondary N) is 2. The monoisotopic (exact) mass is 813 g/mol. The summed E-state index contributed by atoms with van der Waals surface area (Å²) in [5.74, 6) is 2.64. The van der Waals surface area contributed by atoms with Crippen molar-refractivity contribution in [3.63, 3.8) is 0 Å². The number of hydrogen-bond acceptors (Lipinski definition) is 13. The number of anilines is 1. The highest BCUT2D eigenvalue weighted by Crippen LogP contribution is 2.43. The van der Waals surface area contributed by atoms with Gasteiger partial charge in [0.15, 0.2) is 17.6 Å². The highest BCUT2D eigenvalue weighted by molar-refractivity contribution is 6.02. The maximum absolute atomic E-state index is 12.8. The molecule has 0 saturated heterocycles. The van der Waals surface area contributed by atoms with E-state index >= 15 is 0 Å². The van der Waals surface area contributed by atoms with E-state index in [2.05, 4.69) is 15.8 Å². The maximum atomic E-state index is 12.8. The largest absolute Gasteiger partial charge is 0.497 e. The van der Waals surface area contributed by atoms with Crippen LogP contribution in [0.4, 0.5) is 5.69 Å². The molecule has 0 aliphatic carbocycles. The number of aliphatic hydroxyl groups excluding tert-OH is 4. The number of ether oxygens (including phenoxy) is 5. The van der Waals surface area contributed by atoms with Crippen LogP contribution in [0.15, 0.2) is 65.8 Å². The van der Waals surface area contributed by atoms with E-state index in [1.807, 2.05) is 36.4 Å². The first-order valence-corrected chi connectivity index (χ1v) is 20.0. The Hall–Kier alpha value is -5.54. The van der Waals surface area contributed by atoms with Crippen molar-refractivity contribution in [3.8, 4) is 28.7 Å². The van der Waals surface area contributed by atoms with Crippen molar-refractivity contribution in [2.24, 2.45) is 5.16 Å². The first kappa shape index (κ1) is 43.0. The minimum Gasteiger partial charge on any atom is -0.497 e. The van der Waals surface area contributed by atoms with Crippen LogP contribution in [0.1, 0.15) is 113 Å². The number of carbonyl (C=O) groups excluding carboxylic acids is 1. The molecule has 14 heteroatoms. The van der Waals surface area contributed by atoms with Crippen LogP contribution in [-0.4, -0.2) is 66.6 Å². The van der Waals surface area contributed by atoms with E-state index in [4.69, 9.17) is 28.5 Å². The van der Waals surface area contributed by atoms with Crippen LogP contribution in [0.25, 0.3) is 0 Å². The molecule has 2 aliphatic rings. The molecule has 0 radical (unpaired) electrons. The number of carbonyl (C=O) groups is 1. The molecule has 2 atom stereocenters. The Bertz CT molecular complexity index is 2040. The Morgan fingerprint density at radius 2 is 1.31 bits per heavy atom. The van der Waals surface area contributed by atoms with Gasteiger partial charge in [0, 0.05) is 28.8 Å². The van der Waals surface area contributed by atoms with Gasteiger partial charge in [-0.05, 0) is 89.7 Å². The molecule has 2 aliphatic heterocycles. The molecule has 0 saturated carbocycles. The minimum atomic E-state index is -0.439. The third-order valence-electron chi connectivity index (χ3n) is 10.7. The number of nitrogens with zero attached hydrogens (tertiary/aromatic N) is 1. The van der Waals surface area contributed by atoms with E-state index in [0.717, 1.165) is 56.1 Å². The van der Waals surface area contributed by atoms with E-state index < -0.39 is 12.3 Å².